The van der Waals surface area contributed by atoms with Crippen LogP contribution in [0.5, 0.6) is 0 Å². The monoisotopic (exact) mass is 197 g/mol. The zero-order chi connectivity index (χ0) is 9.68. The van der Waals surface area contributed by atoms with Crippen LogP contribution in [0.3, 0.4) is 0 Å². The van der Waals surface area contributed by atoms with Crippen LogP contribution in [0.1, 0.15) is 29.5 Å². The lowest BCUT2D eigenvalue weighted by Gasteiger charge is -2.12. The van der Waals surface area contributed by atoms with E-state index in [1.807, 2.05) is 20.0 Å². The highest BCUT2D eigenvalue weighted by Crippen LogP contribution is 2.23. The Morgan fingerprint density at radius 3 is 2.92 bits per heavy atom. The molecule has 0 radical (unpaired) electrons. The van der Waals surface area contributed by atoms with Crippen molar-refractivity contribution < 1.29 is 0 Å². The van der Waals surface area contributed by atoms with Crippen LogP contribution in [0.15, 0.2) is 12.7 Å². The predicted octanol–water partition coefficient (Wildman–Crippen LogP) is 2.07. The fourth-order valence-corrected chi connectivity index (χ4v) is 2.03. The third-order valence-electron chi connectivity index (χ3n) is 2.01. The number of aromatic nitrogens is 2. The van der Waals surface area contributed by atoms with Gasteiger partial charge in [0.25, 0.3) is 0 Å². The Bertz CT molecular complexity index is 270. The summed E-state index contributed by atoms with van der Waals surface area (Å²) in [7, 11) is 1.97. The lowest BCUT2D eigenvalue weighted by molar-refractivity contribution is 0.560. The lowest BCUT2D eigenvalue weighted by atomic mass is 10.1. The van der Waals surface area contributed by atoms with Gasteiger partial charge >= 0.3 is 0 Å². The molecule has 4 heteroatoms. The Kier molecular flexibility index (Phi) is 4.05. The van der Waals surface area contributed by atoms with Gasteiger partial charge in [0.05, 0.1) is 10.6 Å². The molecule has 1 N–H and O–H groups in total. The summed E-state index contributed by atoms with van der Waals surface area (Å²) in [6.07, 6.45) is 4.02. The van der Waals surface area contributed by atoms with Crippen molar-refractivity contribution in [3.8, 4) is 0 Å². The van der Waals surface area contributed by atoms with Gasteiger partial charge in [0.1, 0.15) is 0 Å². The van der Waals surface area contributed by atoms with E-state index in [2.05, 4.69) is 21.5 Å². The summed E-state index contributed by atoms with van der Waals surface area (Å²) in [5, 5.41) is 7.26. The van der Waals surface area contributed by atoms with E-state index in [0.717, 1.165) is 18.5 Å². The van der Waals surface area contributed by atoms with Crippen molar-refractivity contribution in [1.29, 1.82) is 0 Å². The third kappa shape index (κ3) is 2.60. The number of allylic oxidation sites excluding steroid dienone is 1. The summed E-state index contributed by atoms with van der Waals surface area (Å²) in [6.45, 7) is 5.71. The Labute approximate surface area is 83.0 Å². The zero-order valence-electron chi connectivity index (χ0n) is 8.08. The van der Waals surface area contributed by atoms with Crippen LogP contribution in [0, 0.1) is 6.92 Å². The Hall–Kier alpha value is -0.740. The molecule has 72 valence electrons. The van der Waals surface area contributed by atoms with E-state index in [9.17, 15) is 0 Å². The number of aryl methyl sites for hydroxylation is 1. The molecule has 1 atom stereocenters. The first-order valence-electron chi connectivity index (χ1n) is 4.36. The van der Waals surface area contributed by atoms with Crippen molar-refractivity contribution >= 4 is 11.5 Å². The largest absolute Gasteiger partial charge is 0.312 e. The summed E-state index contributed by atoms with van der Waals surface area (Å²) in [5.74, 6) is 0. The molecule has 0 aliphatic rings. The van der Waals surface area contributed by atoms with Gasteiger partial charge in [0.2, 0.25) is 0 Å². The van der Waals surface area contributed by atoms with Crippen LogP contribution >= 0.6 is 11.5 Å². The van der Waals surface area contributed by atoms with E-state index in [1.54, 1.807) is 0 Å². The summed E-state index contributed by atoms with van der Waals surface area (Å²) < 4.78 is 3.92. The van der Waals surface area contributed by atoms with Gasteiger partial charge in [-0.3, -0.25) is 0 Å². The van der Waals surface area contributed by atoms with Crippen LogP contribution in [-0.4, -0.2) is 16.6 Å². The first kappa shape index (κ1) is 10.3. The number of hydrogen-bond acceptors (Lipinski definition) is 4. The van der Waals surface area contributed by atoms with Crippen molar-refractivity contribution in [2.45, 2.75) is 25.8 Å². The van der Waals surface area contributed by atoms with E-state index in [4.69, 9.17) is 0 Å². The van der Waals surface area contributed by atoms with Crippen LogP contribution in [0.2, 0.25) is 0 Å². The molecule has 0 spiro atoms. The molecule has 1 unspecified atom stereocenters. The fraction of sp³-hybridized carbons (Fsp3) is 0.556. The highest BCUT2D eigenvalue weighted by atomic mass is 32.1. The zero-order valence-corrected chi connectivity index (χ0v) is 8.90. The van der Waals surface area contributed by atoms with E-state index in [0.29, 0.717) is 6.04 Å². The first-order chi connectivity index (χ1) is 6.29. The van der Waals surface area contributed by atoms with Gasteiger partial charge in [0.15, 0.2) is 0 Å². The molecule has 0 bridgehead atoms. The topological polar surface area (TPSA) is 37.8 Å². The van der Waals surface area contributed by atoms with E-state index in [1.165, 1.54) is 16.4 Å². The van der Waals surface area contributed by atoms with Crippen molar-refractivity contribution in [1.82, 2.24) is 14.9 Å². The molecule has 13 heavy (non-hydrogen) atoms. The average Bonchev–Trinajstić information content (AvgIpc) is 2.54. The van der Waals surface area contributed by atoms with E-state index >= 15 is 0 Å². The van der Waals surface area contributed by atoms with Gasteiger partial charge in [-0.15, -0.1) is 11.7 Å². The summed E-state index contributed by atoms with van der Waals surface area (Å²) in [5.41, 5.74) is 1.04. The van der Waals surface area contributed by atoms with E-state index < -0.39 is 0 Å². The maximum absolute atomic E-state index is 4.00. The second-order valence-corrected chi connectivity index (χ2v) is 3.72. The molecule has 0 aliphatic heterocycles. The van der Waals surface area contributed by atoms with Gasteiger partial charge < -0.3 is 5.32 Å². The molecular formula is C9H15N3S. The molecule has 1 heterocycles. The molecule has 1 aromatic heterocycles. The summed E-state index contributed by atoms with van der Waals surface area (Å²) in [6, 6.07) is 0.373. The summed E-state index contributed by atoms with van der Waals surface area (Å²) in [4.78, 5) is 1.24. The van der Waals surface area contributed by atoms with Crippen LogP contribution in [0.4, 0.5) is 0 Å². The SMILES string of the molecule is C=CCCC(NC)c1snnc1C. The van der Waals surface area contributed by atoms with Gasteiger partial charge in [-0.25, -0.2) is 0 Å². The van der Waals surface area contributed by atoms with Crippen molar-refractivity contribution in [3.05, 3.63) is 23.2 Å². The second-order valence-electron chi connectivity index (χ2n) is 2.93. The molecule has 0 aromatic carbocycles. The maximum atomic E-state index is 4.00. The second kappa shape index (κ2) is 5.09. The van der Waals surface area contributed by atoms with Crippen molar-refractivity contribution in [2.75, 3.05) is 7.05 Å². The molecular weight excluding hydrogens is 182 g/mol. The average molecular weight is 197 g/mol. The normalized spacial score (nSPS) is 12.8. The minimum atomic E-state index is 0.373. The molecule has 1 rings (SSSR count). The highest BCUT2D eigenvalue weighted by Gasteiger charge is 2.13. The molecule has 0 amide bonds. The van der Waals surface area contributed by atoms with Crippen LogP contribution in [-0.2, 0) is 0 Å². The van der Waals surface area contributed by atoms with Crippen molar-refractivity contribution in [3.63, 3.8) is 0 Å². The summed E-state index contributed by atoms with van der Waals surface area (Å²) >= 11 is 1.47. The van der Waals surface area contributed by atoms with Crippen LogP contribution in [0.25, 0.3) is 0 Å². The minimum Gasteiger partial charge on any atom is -0.312 e. The smallest absolute Gasteiger partial charge is 0.0772 e. The third-order valence-corrected chi connectivity index (χ3v) is 2.95. The van der Waals surface area contributed by atoms with Gasteiger partial charge in [-0.1, -0.05) is 10.6 Å². The predicted molar refractivity (Wildman–Crippen MR) is 55.9 cm³/mol. The first-order valence-corrected chi connectivity index (χ1v) is 5.14. The molecule has 0 aliphatic carbocycles. The van der Waals surface area contributed by atoms with Gasteiger partial charge in [-0.05, 0) is 38.3 Å². The number of nitrogens with zero attached hydrogens (tertiary/aromatic N) is 2. The van der Waals surface area contributed by atoms with Crippen LogP contribution < -0.4 is 5.32 Å². The van der Waals surface area contributed by atoms with E-state index in [-0.39, 0.29) is 0 Å². The molecule has 3 nitrogen and oxygen atoms in total. The number of hydrogen-bond donors (Lipinski definition) is 1. The van der Waals surface area contributed by atoms with Crippen molar-refractivity contribution in [2.24, 2.45) is 0 Å². The van der Waals surface area contributed by atoms with Gasteiger partial charge in [0, 0.05) is 6.04 Å². The fourth-order valence-electron chi connectivity index (χ4n) is 1.25. The highest BCUT2D eigenvalue weighted by molar-refractivity contribution is 7.05. The molecule has 1 aromatic rings. The molecule has 0 saturated carbocycles. The number of nitrogens with one attached hydrogen (secondary N) is 1. The minimum absolute atomic E-state index is 0.373. The Balaban J connectivity index is 2.66. The number of rotatable bonds is 5. The molecule has 0 fully saturated rings. The maximum Gasteiger partial charge on any atom is 0.0772 e. The Morgan fingerprint density at radius 2 is 2.46 bits per heavy atom. The van der Waals surface area contributed by atoms with Gasteiger partial charge in [-0.2, -0.15) is 0 Å². The standard InChI is InChI=1S/C9H15N3S/c1-4-5-6-8(10-3)9-7(2)11-12-13-9/h4,8,10H,1,5-6H2,2-3H3. The Morgan fingerprint density at radius 1 is 1.69 bits per heavy atom. The quantitative estimate of drug-likeness (QED) is 0.734. The lowest BCUT2D eigenvalue weighted by Crippen LogP contribution is -2.15. The molecule has 0 saturated heterocycles.